The molecule has 0 amide bonds. The van der Waals surface area contributed by atoms with Crippen LogP contribution in [0.25, 0.3) is 0 Å². The zero-order chi connectivity index (χ0) is 4.28. The average molecular weight is 120 g/mol. The van der Waals surface area contributed by atoms with Gasteiger partial charge in [-0.05, 0) is 6.92 Å². The molecule has 0 aliphatic heterocycles. The van der Waals surface area contributed by atoms with Crippen molar-refractivity contribution < 1.29 is 10.3 Å². The predicted octanol–water partition coefficient (Wildman–Crippen LogP) is -1.02. The van der Waals surface area contributed by atoms with E-state index in [1.165, 1.54) is 0 Å². The average Bonchev–Trinajstić information content (AvgIpc) is 1.38. The lowest BCUT2D eigenvalue weighted by Gasteiger charge is -1.71. The molecule has 0 radical (unpaired) electrons. The molecule has 0 spiro atoms. The summed E-state index contributed by atoms with van der Waals surface area (Å²) in [5.41, 5.74) is 0. The first kappa shape index (κ1) is 15.7. The first-order valence-electron chi connectivity index (χ1n) is 1.76. The summed E-state index contributed by atoms with van der Waals surface area (Å²) < 4.78 is 0. The highest BCUT2D eigenvalue weighted by atomic mass is 27.0. The number of hydrogen-bond acceptors (Lipinski definition) is 1. The highest BCUT2D eigenvalue weighted by Gasteiger charge is 1.76. The van der Waals surface area contributed by atoms with Crippen molar-refractivity contribution in [1.82, 2.24) is 0 Å². The van der Waals surface area contributed by atoms with Gasteiger partial charge in [0.25, 0.3) is 0 Å². The van der Waals surface area contributed by atoms with E-state index < -0.39 is 0 Å². The number of hydrogen-bond donors (Lipinski definition) is 0. The number of carbonyl (C=O) groups excluding carboxylic acids is 1. The Hall–Kier alpha value is 0.162. The van der Waals surface area contributed by atoms with Crippen LogP contribution < -0.4 is 0 Å². The molecule has 2 nitrogen and oxygen atoms in total. The second-order valence-electron chi connectivity index (χ2n) is 1.06. The van der Waals surface area contributed by atoms with Gasteiger partial charge in [-0.15, -0.1) is 0 Å². The van der Waals surface area contributed by atoms with Gasteiger partial charge < -0.3 is 10.3 Å². The van der Waals surface area contributed by atoms with E-state index in [0.717, 1.165) is 0 Å². The number of Topliss-reactive ketones (excluding diaryl/α,β-unsaturated/α-hetero) is 1. The number of ketones is 1. The Morgan fingerprint density at radius 1 is 1.57 bits per heavy atom. The summed E-state index contributed by atoms with van der Waals surface area (Å²) in [5, 5.41) is 0. The molecule has 0 unspecified atom stereocenters. The molecule has 3 heteroatoms. The van der Waals surface area contributed by atoms with Crippen molar-refractivity contribution in [2.24, 2.45) is 0 Å². The van der Waals surface area contributed by atoms with Gasteiger partial charge in [0.05, 0.1) is 0 Å². The summed E-state index contributed by atoms with van der Waals surface area (Å²) in [6.07, 6.45) is 0.667. The molecule has 7 heavy (non-hydrogen) atoms. The van der Waals surface area contributed by atoms with Gasteiger partial charge in [-0.3, -0.25) is 0 Å². The molecule has 0 heterocycles. The molecule has 0 aliphatic rings. The minimum absolute atomic E-state index is 0. The molecule has 0 fully saturated rings. The van der Waals surface area contributed by atoms with Gasteiger partial charge in [-0.25, -0.2) is 0 Å². The lowest BCUT2D eigenvalue weighted by Crippen LogP contribution is -1.80. The van der Waals surface area contributed by atoms with E-state index in [9.17, 15) is 4.79 Å². The van der Waals surface area contributed by atoms with Crippen LogP contribution in [0.2, 0.25) is 0 Å². The molecule has 44 valence electrons. The first-order valence-corrected chi connectivity index (χ1v) is 1.76. The highest BCUT2D eigenvalue weighted by Crippen LogP contribution is 1.71. The van der Waals surface area contributed by atoms with Gasteiger partial charge >= 0.3 is 0 Å². The summed E-state index contributed by atoms with van der Waals surface area (Å²) >= 11 is 0. The van der Waals surface area contributed by atoms with Crippen LogP contribution in [-0.2, 0) is 4.79 Å². The summed E-state index contributed by atoms with van der Waals surface area (Å²) in [6, 6.07) is 0. The first-order chi connectivity index (χ1) is 2.27. The van der Waals surface area contributed by atoms with Crippen LogP contribution in [0.3, 0.4) is 0 Å². The van der Waals surface area contributed by atoms with Crippen LogP contribution in [0.5, 0.6) is 0 Å². The molecule has 0 saturated heterocycles. The van der Waals surface area contributed by atoms with Crippen LogP contribution in [0.1, 0.15) is 20.3 Å². The minimum atomic E-state index is 0. The van der Waals surface area contributed by atoms with Crippen molar-refractivity contribution in [3.8, 4) is 0 Å². The Bertz CT molecular complexity index is 45.0. The van der Waals surface area contributed by atoms with Crippen molar-refractivity contribution in [3.05, 3.63) is 0 Å². The monoisotopic (exact) mass is 120 g/mol. The Labute approximate surface area is 54.3 Å². The molecule has 2 N–H and O–H groups in total. The van der Waals surface area contributed by atoms with E-state index >= 15 is 0 Å². The molecular weight excluding hydrogens is 107 g/mol. The number of carbonyl (C=O) groups is 1. The smallest absolute Gasteiger partial charge is 0.187 e. The van der Waals surface area contributed by atoms with Gasteiger partial charge in [0.15, 0.2) is 17.4 Å². The molecule has 0 bridgehead atoms. The van der Waals surface area contributed by atoms with Crippen LogP contribution in [-0.4, -0.2) is 28.6 Å². The van der Waals surface area contributed by atoms with Crippen molar-refractivity contribution >= 4 is 23.1 Å². The van der Waals surface area contributed by atoms with E-state index in [1.54, 1.807) is 6.92 Å². The van der Waals surface area contributed by atoms with Gasteiger partial charge in [0.2, 0.25) is 0 Å². The largest absolute Gasteiger partial charge is 0.412 e. The van der Waals surface area contributed by atoms with Gasteiger partial charge in [0, 0.05) is 6.42 Å². The third-order valence-corrected chi connectivity index (χ3v) is 0.498. The second kappa shape index (κ2) is 9.48. The molecule has 0 saturated carbocycles. The lowest BCUT2D eigenvalue weighted by molar-refractivity contribution is -0.116. The number of rotatable bonds is 1. The molecule has 0 aromatic carbocycles. The predicted molar refractivity (Wildman–Crippen MR) is 34.5 cm³/mol. The highest BCUT2D eigenvalue weighted by molar-refractivity contribution is 5.75. The Balaban J connectivity index is -0.0000000800. The molecular formula is C4H13AlO2. The molecule has 0 atom stereocenters. The summed E-state index contributed by atoms with van der Waals surface area (Å²) in [7, 11) is 0. The third kappa shape index (κ3) is 22.8. The van der Waals surface area contributed by atoms with E-state index in [4.69, 9.17) is 0 Å². The standard InChI is InChI=1S/C4H8O.Al.H2O.3H/c1-3-4(2)5;;;;;/h3H2,1-2H3;;1H2;;;. The zero-order valence-corrected chi connectivity index (χ0v) is 4.12. The fourth-order valence-electron chi connectivity index (χ4n) is 0. The van der Waals surface area contributed by atoms with Gasteiger partial charge in [-0.1, -0.05) is 6.92 Å². The zero-order valence-electron chi connectivity index (χ0n) is 4.12. The van der Waals surface area contributed by atoms with E-state index in [2.05, 4.69) is 0 Å². The normalized spacial score (nSPS) is 5.43. The molecule has 0 rings (SSSR count). The van der Waals surface area contributed by atoms with Crippen molar-refractivity contribution in [2.75, 3.05) is 0 Å². The fourth-order valence-corrected chi connectivity index (χ4v) is 0. The maximum atomic E-state index is 9.81. The maximum Gasteiger partial charge on any atom is 0.187 e. The third-order valence-electron chi connectivity index (χ3n) is 0.498. The molecule has 0 aromatic rings. The van der Waals surface area contributed by atoms with Crippen molar-refractivity contribution in [1.29, 1.82) is 0 Å². The second-order valence-corrected chi connectivity index (χ2v) is 1.06. The van der Waals surface area contributed by atoms with E-state index in [1.807, 2.05) is 6.92 Å². The summed E-state index contributed by atoms with van der Waals surface area (Å²) in [5.74, 6) is 0.255. The Morgan fingerprint density at radius 3 is 1.71 bits per heavy atom. The molecule has 0 aromatic heterocycles. The van der Waals surface area contributed by atoms with E-state index in [0.29, 0.717) is 6.42 Å². The Kier molecular flexibility index (Phi) is 21.3. The quantitative estimate of drug-likeness (QED) is 0.408. The lowest BCUT2D eigenvalue weighted by atomic mass is 10.4. The maximum absolute atomic E-state index is 9.81. The molecule has 0 aliphatic carbocycles. The Morgan fingerprint density at radius 2 is 1.71 bits per heavy atom. The van der Waals surface area contributed by atoms with Crippen LogP contribution in [0, 0.1) is 0 Å². The van der Waals surface area contributed by atoms with Crippen LogP contribution in [0.4, 0.5) is 0 Å². The van der Waals surface area contributed by atoms with Crippen molar-refractivity contribution in [3.63, 3.8) is 0 Å². The van der Waals surface area contributed by atoms with Gasteiger partial charge in [0.1, 0.15) is 5.78 Å². The topological polar surface area (TPSA) is 48.6 Å². The minimum Gasteiger partial charge on any atom is -0.412 e. The summed E-state index contributed by atoms with van der Waals surface area (Å²) in [6.45, 7) is 3.43. The SMILES string of the molecule is CCC(C)=O.O.[AlH3]. The van der Waals surface area contributed by atoms with Crippen LogP contribution >= 0.6 is 0 Å². The fraction of sp³-hybridized carbons (Fsp3) is 0.750. The van der Waals surface area contributed by atoms with Crippen LogP contribution in [0.15, 0.2) is 0 Å². The summed E-state index contributed by atoms with van der Waals surface area (Å²) in [4.78, 5) is 9.81. The van der Waals surface area contributed by atoms with E-state index in [-0.39, 0.29) is 28.6 Å². The van der Waals surface area contributed by atoms with Gasteiger partial charge in [-0.2, -0.15) is 0 Å². The van der Waals surface area contributed by atoms with Crippen molar-refractivity contribution in [2.45, 2.75) is 20.3 Å².